The highest BCUT2D eigenvalue weighted by Crippen LogP contribution is 2.22. The maximum Gasteiger partial charge on any atom is 0.328 e. The van der Waals surface area contributed by atoms with Crippen LogP contribution in [0.1, 0.15) is 17.0 Å². The number of esters is 1. The zero-order valence-electron chi connectivity index (χ0n) is 14.5. The van der Waals surface area contributed by atoms with Crippen molar-refractivity contribution in [2.45, 2.75) is 25.3 Å². The molecule has 3 rings (SSSR count). The van der Waals surface area contributed by atoms with Crippen LogP contribution in [-0.4, -0.2) is 30.0 Å². The van der Waals surface area contributed by atoms with Gasteiger partial charge in [0.2, 0.25) is 5.91 Å². The van der Waals surface area contributed by atoms with Crippen molar-refractivity contribution in [3.8, 4) is 0 Å². The number of benzene rings is 2. The summed E-state index contributed by atoms with van der Waals surface area (Å²) in [5.41, 5.74) is 1.92. The van der Waals surface area contributed by atoms with Gasteiger partial charge in [-0.15, -0.1) is 11.3 Å². The van der Waals surface area contributed by atoms with Crippen LogP contribution in [0.4, 0.5) is 0 Å². The Morgan fingerprint density at radius 3 is 2.58 bits per heavy atom. The normalized spacial score (nSPS) is 11.9. The number of nitrogens with one attached hydrogen (secondary N) is 1. The van der Waals surface area contributed by atoms with Crippen LogP contribution in [0.3, 0.4) is 0 Å². The molecule has 0 bridgehead atoms. The average Bonchev–Trinajstić information content (AvgIpc) is 3.09. The fourth-order valence-electron chi connectivity index (χ4n) is 2.70. The van der Waals surface area contributed by atoms with Crippen molar-refractivity contribution in [2.75, 3.05) is 7.11 Å². The van der Waals surface area contributed by atoms with E-state index in [1.807, 2.05) is 54.6 Å². The molecule has 2 aromatic carbocycles. The Hall–Kier alpha value is -2.73. The number of nitrogens with zero attached hydrogens (tertiary/aromatic N) is 1. The van der Waals surface area contributed by atoms with Crippen molar-refractivity contribution in [1.82, 2.24) is 10.3 Å². The molecule has 3 aromatic rings. The lowest BCUT2D eigenvalue weighted by atomic mass is 10.1. The molecule has 0 aliphatic carbocycles. The number of thiazole rings is 1. The Morgan fingerprint density at radius 2 is 1.85 bits per heavy atom. The number of aryl methyl sites for hydroxylation is 1. The van der Waals surface area contributed by atoms with Gasteiger partial charge in [0.1, 0.15) is 6.04 Å². The molecule has 0 aliphatic heterocycles. The van der Waals surface area contributed by atoms with Gasteiger partial charge in [0.05, 0.1) is 22.3 Å². The monoisotopic (exact) mass is 368 g/mol. The highest BCUT2D eigenvalue weighted by atomic mass is 32.1. The zero-order chi connectivity index (χ0) is 18.4. The number of aromatic nitrogens is 1. The molecule has 1 amide bonds. The van der Waals surface area contributed by atoms with E-state index in [0.29, 0.717) is 12.8 Å². The van der Waals surface area contributed by atoms with Crippen molar-refractivity contribution >= 4 is 33.4 Å². The summed E-state index contributed by atoms with van der Waals surface area (Å²) in [6.45, 7) is 0. The van der Waals surface area contributed by atoms with Crippen LogP contribution in [0.15, 0.2) is 54.6 Å². The molecule has 0 saturated carbocycles. The Bertz CT molecular complexity index is 859. The van der Waals surface area contributed by atoms with Crippen LogP contribution >= 0.6 is 11.3 Å². The van der Waals surface area contributed by atoms with Gasteiger partial charge in [0.15, 0.2) is 0 Å². The molecule has 6 heteroatoms. The second kappa shape index (κ2) is 8.58. The fraction of sp³-hybridized carbons (Fsp3) is 0.250. The van der Waals surface area contributed by atoms with Gasteiger partial charge in [-0.3, -0.25) is 4.79 Å². The predicted molar refractivity (Wildman–Crippen MR) is 102 cm³/mol. The van der Waals surface area contributed by atoms with Gasteiger partial charge in [-0.1, -0.05) is 42.5 Å². The van der Waals surface area contributed by atoms with E-state index in [1.165, 1.54) is 7.11 Å². The van der Waals surface area contributed by atoms with Gasteiger partial charge in [0, 0.05) is 19.3 Å². The minimum absolute atomic E-state index is 0.185. The third-order valence-corrected chi connectivity index (χ3v) is 5.10. The second-order valence-electron chi connectivity index (χ2n) is 5.91. The largest absolute Gasteiger partial charge is 0.467 e. The molecule has 1 heterocycles. The number of fused-ring (bicyclic) bond motifs is 1. The first-order valence-corrected chi connectivity index (χ1v) is 9.23. The number of carbonyl (C=O) groups is 2. The van der Waals surface area contributed by atoms with Crippen LogP contribution in [-0.2, 0) is 27.2 Å². The van der Waals surface area contributed by atoms with Gasteiger partial charge in [-0.25, -0.2) is 9.78 Å². The van der Waals surface area contributed by atoms with E-state index in [0.717, 1.165) is 20.8 Å². The topological polar surface area (TPSA) is 68.3 Å². The van der Waals surface area contributed by atoms with E-state index in [4.69, 9.17) is 4.74 Å². The minimum Gasteiger partial charge on any atom is -0.467 e. The van der Waals surface area contributed by atoms with Gasteiger partial charge in [-0.2, -0.15) is 0 Å². The van der Waals surface area contributed by atoms with E-state index in [1.54, 1.807) is 11.3 Å². The number of hydrogen-bond donors (Lipinski definition) is 1. The van der Waals surface area contributed by atoms with Crippen LogP contribution in [0.2, 0.25) is 0 Å². The summed E-state index contributed by atoms with van der Waals surface area (Å²) < 4.78 is 5.93. The van der Waals surface area contributed by atoms with Crippen molar-refractivity contribution < 1.29 is 14.3 Å². The van der Waals surface area contributed by atoms with E-state index in [2.05, 4.69) is 10.3 Å². The van der Waals surface area contributed by atoms with Crippen LogP contribution in [0.25, 0.3) is 10.2 Å². The van der Waals surface area contributed by atoms with E-state index >= 15 is 0 Å². The van der Waals surface area contributed by atoms with E-state index in [9.17, 15) is 9.59 Å². The Labute approximate surface area is 156 Å². The molecule has 134 valence electrons. The van der Waals surface area contributed by atoms with Crippen molar-refractivity contribution in [2.24, 2.45) is 0 Å². The average molecular weight is 368 g/mol. The molecule has 0 radical (unpaired) electrons. The Kier molecular flexibility index (Phi) is 5.96. The number of methoxy groups -OCH3 is 1. The lowest BCUT2D eigenvalue weighted by Crippen LogP contribution is -2.43. The van der Waals surface area contributed by atoms with Crippen molar-refractivity contribution in [3.63, 3.8) is 0 Å². The summed E-state index contributed by atoms with van der Waals surface area (Å²) in [4.78, 5) is 28.8. The minimum atomic E-state index is -0.690. The van der Waals surface area contributed by atoms with Gasteiger partial charge in [-0.05, 0) is 17.7 Å². The van der Waals surface area contributed by atoms with Crippen LogP contribution in [0, 0.1) is 0 Å². The number of hydrogen-bond acceptors (Lipinski definition) is 5. The third kappa shape index (κ3) is 4.67. The highest BCUT2D eigenvalue weighted by molar-refractivity contribution is 7.18. The first-order valence-electron chi connectivity index (χ1n) is 8.41. The summed E-state index contributed by atoms with van der Waals surface area (Å²) >= 11 is 1.59. The maximum atomic E-state index is 12.3. The van der Waals surface area contributed by atoms with Gasteiger partial charge < -0.3 is 10.1 Å². The molecular formula is C20H20N2O3S. The summed E-state index contributed by atoms with van der Waals surface area (Å²) in [5.74, 6) is -0.627. The molecule has 5 nitrogen and oxygen atoms in total. The lowest BCUT2D eigenvalue weighted by molar-refractivity contribution is -0.145. The molecule has 0 unspecified atom stereocenters. The number of amides is 1. The molecule has 26 heavy (non-hydrogen) atoms. The van der Waals surface area contributed by atoms with Gasteiger partial charge >= 0.3 is 5.97 Å². The smallest absolute Gasteiger partial charge is 0.328 e. The first kappa shape index (κ1) is 18.1. The molecule has 1 atom stereocenters. The Morgan fingerprint density at radius 1 is 1.12 bits per heavy atom. The molecule has 1 aromatic heterocycles. The summed E-state index contributed by atoms with van der Waals surface area (Å²) in [6.07, 6.45) is 1.23. The zero-order valence-corrected chi connectivity index (χ0v) is 15.3. The predicted octanol–water partition coefficient (Wildman–Crippen LogP) is 3.13. The summed E-state index contributed by atoms with van der Waals surface area (Å²) in [7, 11) is 1.33. The second-order valence-corrected chi connectivity index (χ2v) is 7.02. The van der Waals surface area contributed by atoms with Gasteiger partial charge in [0.25, 0.3) is 0 Å². The molecule has 0 fully saturated rings. The fourth-order valence-corrected chi connectivity index (χ4v) is 3.67. The summed E-state index contributed by atoms with van der Waals surface area (Å²) in [6, 6.07) is 16.8. The number of rotatable bonds is 7. The van der Waals surface area contributed by atoms with E-state index in [-0.39, 0.29) is 12.3 Å². The maximum absolute atomic E-state index is 12.3. The quantitative estimate of drug-likeness (QED) is 0.651. The van der Waals surface area contributed by atoms with Crippen LogP contribution < -0.4 is 5.32 Å². The molecule has 1 N–H and O–H groups in total. The SMILES string of the molecule is COC(=O)[C@@H](Cc1ccccc1)NC(=O)CCc1nc2ccccc2s1. The highest BCUT2D eigenvalue weighted by Gasteiger charge is 2.22. The lowest BCUT2D eigenvalue weighted by Gasteiger charge is -2.16. The molecule has 0 spiro atoms. The molecule has 0 saturated heterocycles. The number of ether oxygens (including phenoxy) is 1. The Balaban J connectivity index is 1.59. The van der Waals surface area contributed by atoms with Crippen molar-refractivity contribution in [1.29, 1.82) is 0 Å². The standard InChI is InChI=1S/C20H20N2O3S/c1-25-20(24)16(13-14-7-3-2-4-8-14)21-18(23)11-12-19-22-15-9-5-6-10-17(15)26-19/h2-10,16H,11-13H2,1H3,(H,21,23)/t16-/m1/s1. The summed E-state index contributed by atoms with van der Waals surface area (Å²) in [5, 5.41) is 3.70. The number of para-hydroxylation sites is 1. The number of carbonyl (C=O) groups excluding carboxylic acids is 2. The van der Waals surface area contributed by atoms with Crippen molar-refractivity contribution in [3.05, 3.63) is 65.2 Å². The molecular weight excluding hydrogens is 348 g/mol. The first-order chi connectivity index (χ1) is 12.7. The molecule has 0 aliphatic rings. The van der Waals surface area contributed by atoms with Crippen LogP contribution in [0.5, 0.6) is 0 Å². The van der Waals surface area contributed by atoms with E-state index < -0.39 is 12.0 Å². The third-order valence-electron chi connectivity index (χ3n) is 4.01.